The molecule has 3 nitrogen and oxygen atoms in total. The molecule has 0 aromatic heterocycles. The third-order valence-corrected chi connectivity index (χ3v) is 3.19. The summed E-state index contributed by atoms with van der Waals surface area (Å²) in [5.74, 6) is 0.293. The third-order valence-electron chi connectivity index (χ3n) is 3.19. The summed E-state index contributed by atoms with van der Waals surface area (Å²) in [6.45, 7) is 4.43. The highest BCUT2D eigenvalue weighted by Gasteiger charge is 2.28. The summed E-state index contributed by atoms with van der Waals surface area (Å²) in [7, 11) is 0. The standard InChI is InChI=1S/C10H17N3/c11-6-9-3-5-13(8-9)10-2-1-4-12-7-10/h9-10,12H,1-5,7-8H2. The van der Waals surface area contributed by atoms with E-state index >= 15 is 0 Å². The van der Waals surface area contributed by atoms with E-state index in [1.165, 1.54) is 19.4 Å². The third kappa shape index (κ3) is 2.01. The van der Waals surface area contributed by atoms with E-state index in [1.54, 1.807) is 0 Å². The normalized spacial score (nSPS) is 35.9. The van der Waals surface area contributed by atoms with Crippen molar-refractivity contribution in [2.75, 3.05) is 26.2 Å². The van der Waals surface area contributed by atoms with Crippen molar-refractivity contribution in [2.24, 2.45) is 5.92 Å². The first-order valence-corrected chi connectivity index (χ1v) is 5.24. The zero-order chi connectivity index (χ0) is 9.10. The number of hydrogen-bond donors (Lipinski definition) is 1. The van der Waals surface area contributed by atoms with Gasteiger partial charge >= 0.3 is 0 Å². The minimum atomic E-state index is 0.293. The molecule has 2 heterocycles. The van der Waals surface area contributed by atoms with Crippen molar-refractivity contribution >= 4 is 0 Å². The molecule has 2 aliphatic heterocycles. The van der Waals surface area contributed by atoms with Crippen LogP contribution in [0.1, 0.15) is 19.3 Å². The number of hydrogen-bond acceptors (Lipinski definition) is 3. The van der Waals surface area contributed by atoms with E-state index in [9.17, 15) is 0 Å². The SMILES string of the molecule is N#CC1CCN(C2CCCNC2)C1. The molecule has 0 bridgehead atoms. The van der Waals surface area contributed by atoms with E-state index in [2.05, 4.69) is 16.3 Å². The van der Waals surface area contributed by atoms with Gasteiger partial charge in [-0.15, -0.1) is 0 Å². The van der Waals surface area contributed by atoms with E-state index in [4.69, 9.17) is 5.26 Å². The molecule has 0 aliphatic carbocycles. The second-order valence-electron chi connectivity index (χ2n) is 4.11. The molecule has 0 aromatic carbocycles. The molecule has 2 aliphatic rings. The van der Waals surface area contributed by atoms with Gasteiger partial charge in [0, 0.05) is 19.1 Å². The Morgan fingerprint density at radius 2 is 2.31 bits per heavy atom. The predicted octanol–water partition coefficient (Wildman–Crippen LogP) is 0.584. The molecular weight excluding hydrogens is 162 g/mol. The Morgan fingerprint density at radius 3 is 2.92 bits per heavy atom. The lowest BCUT2D eigenvalue weighted by Crippen LogP contribution is -2.44. The first-order valence-electron chi connectivity index (χ1n) is 5.24. The molecule has 13 heavy (non-hydrogen) atoms. The van der Waals surface area contributed by atoms with Crippen LogP contribution in [0.2, 0.25) is 0 Å². The van der Waals surface area contributed by atoms with Crippen LogP contribution in [0.25, 0.3) is 0 Å². The number of piperidine rings is 1. The molecule has 0 saturated carbocycles. The maximum atomic E-state index is 8.79. The fraction of sp³-hybridized carbons (Fsp3) is 0.900. The molecule has 2 unspecified atom stereocenters. The van der Waals surface area contributed by atoms with Gasteiger partial charge in [-0.3, -0.25) is 4.90 Å². The van der Waals surface area contributed by atoms with Gasteiger partial charge in [0.25, 0.3) is 0 Å². The van der Waals surface area contributed by atoms with E-state index < -0.39 is 0 Å². The zero-order valence-corrected chi connectivity index (χ0v) is 8.00. The second-order valence-corrected chi connectivity index (χ2v) is 4.11. The van der Waals surface area contributed by atoms with Crippen molar-refractivity contribution in [2.45, 2.75) is 25.3 Å². The fourth-order valence-electron chi connectivity index (χ4n) is 2.37. The van der Waals surface area contributed by atoms with Gasteiger partial charge in [-0.1, -0.05) is 0 Å². The van der Waals surface area contributed by atoms with Gasteiger partial charge in [0.2, 0.25) is 0 Å². The van der Waals surface area contributed by atoms with E-state index in [-0.39, 0.29) is 0 Å². The predicted molar refractivity (Wildman–Crippen MR) is 51.2 cm³/mol. The van der Waals surface area contributed by atoms with Crippen LogP contribution in [-0.2, 0) is 0 Å². The monoisotopic (exact) mass is 179 g/mol. The largest absolute Gasteiger partial charge is 0.315 e. The molecule has 2 rings (SSSR count). The van der Waals surface area contributed by atoms with E-state index in [0.29, 0.717) is 12.0 Å². The van der Waals surface area contributed by atoms with Crippen LogP contribution in [0.5, 0.6) is 0 Å². The van der Waals surface area contributed by atoms with Crippen LogP contribution in [0.15, 0.2) is 0 Å². The molecule has 0 aromatic rings. The summed E-state index contributed by atoms with van der Waals surface area (Å²) in [5.41, 5.74) is 0. The lowest BCUT2D eigenvalue weighted by molar-refractivity contribution is 0.200. The average Bonchev–Trinajstić information content (AvgIpc) is 2.67. The highest BCUT2D eigenvalue weighted by molar-refractivity contribution is 4.93. The smallest absolute Gasteiger partial charge is 0.0669 e. The molecular formula is C10H17N3. The van der Waals surface area contributed by atoms with Crippen molar-refractivity contribution < 1.29 is 0 Å². The van der Waals surface area contributed by atoms with Gasteiger partial charge in [-0.05, 0) is 32.4 Å². The van der Waals surface area contributed by atoms with Gasteiger partial charge < -0.3 is 5.32 Å². The number of nitrogens with one attached hydrogen (secondary N) is 1. The van der Waals surface area contributed by atoms with Crippen LogP contribution in [-0.4, -0.2) is 37.1 Å². The van der Waals surface area contributed by atoms with Crippen LogP contribution in [0.4, 0.5) is 0 Å². The molecule has 0 radical (unpaired) electrons. The van der Waals surface area contributed by atoms with E-state index in [0.717, 1.165) is 26.1 Å². The lowest BCUT2D eigenvalue weighted by atomic mass is 10.1. The second kappa shape index (κ2) is 4.08. The topological polar surface area (TPSA) is 39.1 Å². The van der Waals surface area contributed by atoms with Gasteiger partial charge in [0.15, 0.2) is 0 Å². The van der Waals surface area contributed by atoms with E-state index in [1.807, 2.05) is 0 Å². The maximum Gasteiger partial charge on any atom is 0.0669 e. The summed E-state index contributed by atoms with van der Waals surface area (Å²) >= 11 is 0. The Morgan fingerprint density at radius 1 is 1.38 bits per heavy atom. The van der Waals surface area contributed by atoms with Crippen LogP contribution < -0.4 is 5.32 Å². The molecule has 1 N–H and O–H groups in total. The molecule has 2 saturated heterocycles. The Hall–Kier alpha value is -0.590. The lowest BCUT2D eigenvalue weighted by Gasteiger charge is -2.31. The highest BCUT2D eigenvalue weighted by Crippen LogP contribution is 2.20. The summed E-state index contributed by atoms with van der Waals surface area (Å²) in [6, 6.07) is 3.07. The number of nitrogens with zero attached hydrogens (tertiary/aromatic N) is 2. The molecule has 3 heteroatoms. The Kier molecular flexibility index (Phi) is 2.82. The minimum absolute atomic E-state index is 0.293. The Balaban J connectivity index is 1.84. The maximum absolute atomic E-state index is 8.79. The summed E-state index contributed by atoms with van der Waals surface area (Å²) in [4.78, 5) is 2.49. The van der Waals surface area contributed by atoms with Crippen molar-refractivity contribution in [3.05, 3.63) is 0 Å². The van der Waals surface area contributed by atoms with Crippen LogP contribution in [0.3, 0.4) is 0 Å². The molecule has 0 spiro atoms. The molecule has 2 fully saturated rings. The van der Waals surface area contributed by atoms with Gasteiger partial charge in [0.1, 0.15) is 0 Å². The quantitative estimate of drug-likeness (QED) is 0.640. The highest BCUT2D eigenvalue weighted by atomic mass is 15.2. The average molecular weight is 179 g/mol. The minimum Gasteiger partial charge on any atom is -0.315 e. The van der Waals surface area contributed by atoms with Crippen molar-refractivity contribution in [3.63, 3.8) is 0 Å². The van der Waals surface area contributed by atoms with Gasteiger partial charge in [-0.2, -0.15) is 5.26 Å². The number of likely N-dealkylation sites (tertiary alicyclic amines) is 1. The molecule has 72 valence electrons. The zero-order valence-electron chi connectivity index (χ0n) is 8.00. The van der Waals surface area contributed by atoms with Crippen molar-refractivity contribution in [1.82, 2.24) is 10.2 Å². The van der Waals surface area contributed by atoms with Crippen molar-refractivity contribution in [1.29, 1.82) is 5.26 Å². The Bertz CT molecular complexity index is 203. The number of nitriles is 1. The van der Waals surface area contributed by atoms with Crippen LogP contribution >= 0.6 is 0 Å². The summed E-state index contributed by atoms with van der Waals surface area (Å²) in [6.07, 6.45) is 3.68. The molecule has 2 atom stereocenters. The first-order chi connectivity index (χ1) is 6.40. The number of rotatable bonds is 1. The van der Waals surface area contributed by atoms with Crippen LogP contribution in [0, 0.1) is 17.2 Å². The summed E-state index contributed by atoms with van der Waals surface area (Å²) in [5, 5.41) is 12.2. The molecule has 0 amide bonds. The van der Waals surface area contributed by atoms with Gasteiger partial charge in [-0.25, -0.2) is 0 Å². The summed E-state index contributed by atoms with van der Waals surface area (Å²) < 4.78 is 0. The first kappa shape index (κ1) is 8.98. The Labute approximate surface area is 79.7 Å². The van der Waals surface area contributed by atoms with Gasteiger partial charge in [0.05, 0.1) is 12.0 Å². The van der Waals surface area contributed by atoms with Crippen molar-refractivity contribution in [3.8, 4) is 6.07 Å². The fourth-order valence-corrected chi connectivity index (χ4v) is 2.37.